The summed E-state index contributed by atoms with van der Waals surface area (Å²) in [6.45, 7) is 8.69. The summed E-state index contributed by atoms with van der Waals surface area (Å²) in [4.78, 5) is 26.7. The van der Waals surface area contributed by atoms with Gasteiger partial charge in [0, 0.05) is 5.56 Å². The van der Waals surface area contributed by atoms with Crippen LogP contribution in [0.4, 0.5) is 0 Å². The van der Waals surface area contributed by atoms with Crippen LogP contribution in [0.2, 0.25) is 0 Å². The minimum Gasteiger partial charge on any atom is -0.465 e. The van der Waals surface area contributed by atoms with Gasteiger partial charge in [-0.2, -0.15) is 0 Å². The van der Waals surface area contributed by atoms with E-state index in [0.717, 1.165) is 60.8 Å². The Balaban J connectivity index is 1.95. The Kier molecular flexibility index (Phi) is 11.3. The number of hydrogen-bond acceptors (Lipinski definition) is 3. The SMILES string of the molecule is CCCCCCCCCCOC(=O)C(C(=O)c1c(C)cc(C)cc1C)C1CCCCC1. The van der Waals surface area contributed by atoms with Crippen molar-refractivity contribution >= 4 is 11.8 Å². The fraction of sp³-hybridized carbons (Fsp3) is 0.714. The summed E-state index contributed by atoms with van der Waals surface area (Å²) in [5.41, 5.74) is 3.82. The zero-order valence-electron chi connectivity index (χ0n) is 20.4. The second-order valence-corrected chi connectivity index (χ2v) is 9.66. The molecule has 1 fully saturated rings. The molecule has 0 spiro atoms. The zero-order chi connectivity index (χ0) is 22.6. The van der Waals surface area contributed by atoms with Crippen LogP contribution in [0, 0.1) is 32.6 Å². The first-order valence-corrected chi connectivity index (χ1v) is 12.7. The highest BCUT2D eigenvalue weighted by Gasteiger charge is 2.38. The van der Waals surface area contributed by atoms with E-state index in [-0.39, 0.29) is 17.7 Å². The molecule has 0 radical (unpaired) electrons. The van der Waals surface area contributed by atoms with Crippen molar-refractivity contribution in [2.24, 2.45) is 11.8 Å². The van der Waals surface area contributed by atoms with Gasteiger partial charge in [0.05, 0.1) is 6.61 Å². The first kappa shape index (κ1) is 25.6. The number of hydrogen-bond donors (Lipinski definition) is 0. The molecule has 0 N–H and O–H groups in total. The minimum atomic E-state index is -0.644. The molecule has 1 aliphatic rings. The third-order valence-electron chi connectivity index (χ3n) is 6.82. The van der Waals surface area contributed by atoms with Crippen LogP contribution in [0.25, 0.3) is 0 Å². The Morgan fingerprint density at radius 1 is 0.871 bits per heavy atom. The van der Waals surface area contributed by atoms with Gasteiger partial charge in [-0.05, 0) is 57.1 Å². The average molecular weight is 429 g/mol. The lowest BCUT2D eigenvalue weighted by Gasteiger charge is -2.28. The van der Waals surface area contributed by atoms with Crippen molar-refractivity contribution in [1.29, 1.82) is 0 Å². The second-order valence-electron chi connectivity index (χ2n) is 9.66. The molecule has 0 amide bonds. The number of Topliss-reactive ketones (excluding diaryl/α,β-unsaturated/α-hetero) is 1. The molecule has 1 aromatic rings. The van der Waals surface area contributed by atoms with Crippen molar-refractivity contribution in [2.45, 2.75) is 111 Å². The van der Waals surface area contributed by atoms with Gasteiger partial charge in [0.15, 0.2) is 5.78 Å². The van der Waals surface area contributed by atoms with Gasteiger partial charge < -0.3 is 4.74 Å². The lowest BCUT2D eigenvalue weighted by Crippen LogP contribution is -2.35. The van der Waals surface area contributed by atoms with Crippen molar-refractivity contribution in [3.8, 4) is 0 Å². The molecule has 1 saturated carbocycles. The van der Waals surface area contributed by atoms with Gasteiger partial charge in [-0.25, -0.2) is 0 Å². The van der Waals surface area contributed by atoms with E-state index in [0.29, 0.717) is 6.61 Å². The predicted octanol–water partition coefficient (Wildman–Crippen LogP) is 7.67. The quantitative estimate of drug-likeness (QED) is 0.140. The number of rotatable bonds is 13. The van der Waals surface area contributed by atoms with E-state index >= 15 is 0 Å². The van der Waals surface area contributed by atoms with Gasteiger partial charge in [0.25, 0.3) is 0 Å². The minimum absolute atomic E-state index is 0.0252. The fourth-order valence-electron chi connectivity index (χ4n) is 5.20. The Hall–Kier alpha value is -1.64. The standard InChI is InChI=1S/C28H44O3/c1-5-6-7-8-9-10-11-15-18-31-28(30)26(24-16-13-12-14-17-24)27(29)25-22(3)19-21(2)20-23(25)4/h19-20,24,26H,5-18H2,1-4H3. The summed E-state index contributed by atoms with van der Waals surface area (Å²) in [6, 6.07) is 4.09. The van der Waals surface area contributed by atoms with Crippen molar-refractivity contribution in [1.82, 2.24) is 0 Å². The van der Waals surface area contributed by atoms with Gasteiger partial charge in [-0.15, -0.1) is 0 Å². The number of aryl methyl sites for hydroxylation is 3. The Bertz CT molecular complexity index is 677. The number of benzene rings is 1. The van der Waals surface area contributed by atoms with Crippen LogP contribution in [0.15, 0.2) is 12.1 Å². The first-order valence-electron chi connectivity index (χ1n) is 12.7. The summed E-state index contributed by atoms with van der Waals surface area (Å²) in [5, 5.41) is 0. The monoisotopic (exact) mass is 428 g/mol. The molecule has 0 saturated heterocycles. The highest BCUT2D eigenvalue weighted by Crippen LogP contribution is 2.34. The first-order chi connectivity index (χ1) is 15.0. The van der Waals surface area contributed by atoms with E-state index in [4.69, 9.17) is 4.74 Å². The Morgan fingerprint density at radius 2 is 1.42 bits per heavy atom. The molecule has 2 rings (SSSR count). The van der Waals surface area contributed by atoms with Crippen molar-refractivity contribution < 1.29 is 14.3 Å². The van der Waals surface area contributed by atoms with Crippen LogP contribution in [0.3, 0.4) is 0 Å². The van der Waals surface area contributed by atoms with Crippen LogP contribution < -0.4 is 0 Å². The number of ketones is 1. The smallest absolute Gasteiger partial charge is 0.317 e. The van der Waals surface area contributed by atoms with Crippen LogP contribution in [-0.2, 0) is 9.53 Å². The van der Waals surface area contributed by atoms with Crippen LogP contribution in [0.1, 0.15) is 117 Å². The zero-order valence-corrected chi connectivity index (χ0v) is 20.4. The maximum absolute atomic E-state index is 13.6. The summed E-state index contributed by atoms with van der Waals surface area (Å²) >= 11 is 0. The molecule has 1 aromatic carbocycles. The molecule has 174 valence electrons. The molecule has 3 nitrogen and oxygen atoms in total. The molecular weight excluding hydrogens is 384 g/mol. The van der Waals surface area contributed by atoms with Crippen molar-refractivity contribution in [2.75, 3.05) is 6.61 Å². The molecule has 1 atom stereocenters. The molecule has 3 heteroatoms. The maximum Gasteiger partial charge on any atom is 0.317 e. The largest absolute Gasteiger partial charge is 0.465 e. The van der Waals surface area contributed by atoms with Gasteiger partial charge in [0.1, 0.15) is 5.92 Å². The van der Waals surface area contributed by atoms with E-state index in [1.807, 2.05) is 32.9 Å². The predicted molar refractivity (Wildman–Crippen MR) is 129 cm³/mol. The third kappa shape index (κ3) is 8.09. The van der Waals surface area contributed by atoms with Crippen molar-refractivity contribution in [3.63, 3.8) is 0 Å². The number of ether oxygens (including phenoxy) is 1. The maximum atomic E-state index is 13.6. The normalized spacial score (nSPS) is 15.6. The van der Waals surface area contributed by atoms with E-state index in [1.54, 1.807) is 0 Å². The lowest BCUT2D eigenvalue weighted by atomic mass is 9.75. The number of esters is 1. The molecule has 0 aliphatic heterocycles. The molecule has 0 bridgehead atoms. The second kappa shape index (κ2) is 13.7. The van der Waals surface area contributed by atoms with E-state index < -0.39 is 5.92 Å². The van der Waals surface area contributed by atoms with E-state index in [1.165, 1.54) is 44.9 Å². The molecule has 1 unspecified atom stereocenters. The Labute approximate surface area is 190 Å². The summed E-state index contributed by atoms with van der Waals surface area (Å²) in [6.07, 6.45) is 15.0. The summed E-state index contributed by atoms with van der Waals surface area (Å²) in [7, 11) is 0. The highest BCUT2D eigenvalue weighted by atomic mass is 16.5. The highest BCUT2D eigenvalue weighted by molar-refractivity contribution is 6.10. The Morgan fingerprint density at radius 3 is 2.00 bits per heavy atom. The van der Waals surface area contributed by atoms with Gasteiger partial charge in [-0.3, -0.25) is 9.59 Å². The molecular formula is C28H44O3. The molecule has 0 aromatic heterocycles. The van der Waals surface area contributed by atoms with Crippen LogP contribution in [0.5, 0.6) is 0 Å². The summed E-state index contributed by atoms with van der Waals surface area (Å²) in [5.74, 6) is -0.844. The molecule has 0 heterocycles. The number of carbonyl (C=O) groups excluding carboxylic acids is 2. The van der Waals surface area contributed by atoms with E-state index in [2.05, 4.69) is 6.92 Å². The van der Waals surface area contributed by atoms with Crippen molar-refractivity contribution in [3.05, 3.63) is 34.4 Å². The van der Waals surface area contributed by atoms with E-state index in [9.17, 15) is 9.59 Å². The fourth-order valence-corrected chi connectivity index (χ4v) is 5.20. The number of carbonyl (C=O) groups is 2. The summed E-state index contributed by atoms with van der Waals surface area (Å²) < 4.78 is 5.69. The number of unbranched alkanes of at least 4 members (excludes halogenated alkanes) is 7. The van der Waals surface area contributed by atoms with Gasteiger partial charge in [0.2, 0.25) is 0 Å². The average Bonchev–Trinajstić information content (AvgIpc) is 2.73. The topological polar surface area (TPSA) is 43.4 Å². The van der Waals surface area contributed by atoms with Crippen LogP contribution >= 0.6 is 0 Å². The third-order valence-corrected chi connectivity index (χ3v) is 6.82. The van der Waals surface area contributed by atoms with Gasteiger partial charge >= 0.3 is 5.97 Å². The lowest BCUT2D eigenvalue weighted by molar-refractivity contribution is -0.149. The van der Waals surface area contributed by atoms with Crippen LogP contribution in [-0.4, -0.2) is 18.4 Å². The van der Waals surface area contributed by atoms with Gasteiger partial charge in [-0.1, -0.05) is 88.8 Å². The molecule has 1 aliphatic carbocycles. The molecule has 31 heavy (non-hydrogen) atoms.